The molecular weight excluding hydrogens is 490 g/mol. The van der Waals surface area contributed by atoms with Gasteiger partial charge in [0.15, 0.2) is 0 Å². The lowest BCUT2D eigenvalue weighted by Crippen LogP contribution is -2.67. The van der Waals surface area contributed by atoms with Crippen LogP contribution in [0.2, 0.25) is 0 Å². The highest BCUT2D eigenvalue weighted by Gasteiger charge is 2.60. The maximum Gasteiger partial charge on any atom is 0.261 e. The average Bonchev–Trinajstić information content (AvgIpc) is 3.10. The van der Waals surface area contributed by atoms with E-state index in [9.17, 15) is 4.79 Å². The molecule has 6 rings (SSSR count). The first-order valence-corrected chi connectivity index (χ1v) is 12.4. The van der Waals surface area contributed by atoms with Gasteiger partial charge in [-0.2, -0.15) is 10.1 Å². The van der Waals surface area contributed by atoms with Crippen molar-refractivity contribution in [2.24, 2.45) is 10.5 Å². The van der Waals surface area contributed by atoms with Crippen molar-refractivity contribution in [3.63, 3.8) is 0 Å². The number of carbonyl (C=O) groups is 1. The lowest BCUT2D eigenvalue weighted by molar-refractivity contribution is -0.125. The number of hydrazone groups is 1. The van der Waals surface area contributed by atoms with Crippen LogP contribution in [0.15, 0.2) is 76.4 Å². The molecule has 34 heavy (non-hydrogen) atoms. The number of anilines is 3. The lowest BCUT2D eigenvalue weighted by atomic mass is 9.67. The van der Waals surface area contributed by atoms with Crippen molar-refractivity contribution in [1.29, 1.82) is 0 Å². The highest BCUT2D eigenvalue weighted by atomic mass is 79.9. The van der Waals surface area contributed by atoms with Gasteiger partial charge in [0.05, 0.1) is 17.4 Å². The van der Waals surface area contributed by atoms with Gasteiger partial charge in [0.2, 0.25) is 0 Å². The molecule has 2 aromatic carbocycles. The average molecular weight is 516 g/mol. The second kappa shape index (κ2) is 7.94. The summed E-state index contributed by atoms with van der Waals surface area (Å²) in [7, 11) is 0. The Morgan fingerprint density at radius 1 is 1.03 bits per heavy atom. The van der Waals surface area contributed by atoms with E-state index < -0.39 is 5.41 Å². The van der Waals surface area contributed by atoms with Crippen LogP contribution >= 0.6 is 15.9 Å². The number of hydrogen-bond donors (Lipinski definition) is 0. The lowest BCUT2D eigenvalue weighted by Gasteiger charge is -2.53. The maximum atomic E-state index is 14.3. The number of amides is 1. The number of pyridine rings is 1. The Bertz CT molecular complexity index is 1290. The zero-order valence-corrected chi connectivity index (χ0v) is 20.9. The molecule has 1 saturated heterocycles. The van der Waals surface area contributed by atoms with E-state index in [0.717, 1.165) is 40.3 Å². The van der Waals surface area contributed by atoms with Crippen LogP contribution in [0.4, 0.5) is 17.2 Å². The summed E-state index contributed by atoms with van der Waals surface area (Å²) in [6, 6.07) is 20.4. The summed E-state index contributed by atoms with van der Waals surface area (Å²) in [5.74, 6) is 1.01. The van der Waals surface area contributed by atoms with Crippen molar-refractivity contribution in [3.05, 3.63) is 82.5 Å². The molecule has 1 spiro atoms. The van der Waals surface area contributed by atoms with Crippen molar-refractivity contribution < 1.29 is 4.79 Å². The summed E-state index contributed by atoms with van der Waals surface area (Å²) in [5.41, 5.74) is 4.52. The van der Waals surface area contributed by atoms with Gasteiger partial charge in [-0.3, -0.25) is 4.79 Å². The molecule has 4 heterocycles. The smallest absolute Gasteiger partial charge is 0.261 e. The molecule has 0 radical (unpaired) electrons. The molecule has 0 aliphatic carbocycles. The van der Waals surface area contributed by atoms with Crippen LogP contribution in [0.1, 0.15) is 18.1 Å². The topological polar surface area (TPSA) is 52.0 Å². The molecule has 172 valence electrons. The number of aryl methyl sites for hydroxylation is 1. The molecule has 7 heteroatoms. The zero-order chi connectivity index (χ0) is 23.4. The van der Waals surface area contributed by atoms with Crippen LogP contribution in [-0.2, 0) is 11.2 Å². The highest BCUT2D eigenvalue weighted by molar-refractivity contribution is 9.10. The van der Waals surface area contributed by atoms with E-state index in [2.05, 4.69) is 48.9 Å². The van der Waals surface area contributed by atoms with E-state index in [4.69, 9.17) is 5.10 Å². The van der Waals surface area contributed by atoms with Crippen LogP contribution in [0.3, 0.4) is 0 Å². The fraction of sp³-hybridized carbons (Fsp3) is 0.296. The molecule has 3 aliphatic rings. The minimum absolute atomic E-state index is 0.0383. The number of fused-ring (bicyclic) bond motifs is 4. The Kier molecular flexibility index (Phi) is 4.99. The van der Waals surface area contributed by atoms with Crippen molar-refractivity contribution in [3.8, 4) is 0 Å². The van der Waals surface area contributed by atoms with Gasteiger partial charge in [0.1, 0.15) is 11.2 Å². The molecule has 0 bridgehead atoms. The first-order chi connectivity index (χ1) is 16.5. The summed E-state index contributed by atoms with van der Waals surface area (Å²) >= 11 is 3.64. The van der Waals surface area contributed by atoms with Gasteiger partial charge >= 0.3 is 0 Å². The van der Waals surface area contributed by atoms with E-state index in [1.165, 1.54) is 11.3 Å². The number of benzene rings is 2. The molecule has 2 atom stereocenters. The van der Waals surface area contributed by atoms with Gasteiger partial charge in [-0.1, -0.05) is 39.7 Å². The third-order valence-corrected chi connectivity index (χ3v) is 7.98. The number of hydrogen-bond acceptors (Lipinski definition) is 5. The molecule has 6 nitrogen and oxygen atoms in total. The minimum atomic E-state index is -0.730. The molecule has 0 N–H and O–H groups in total. The molecule has 2 unspecified atom stereocenters. The minimum Gasteiger partial charge on any atom is -0.363 e. The summed E-state index contributed by atoms with van der Waals surface area (Å²) in [6.07, 6.45) is 2.47. The molecule has 3 aromatic rings. The summed E-state index contributed by atoms with van der Waals surface area (Å²) in [5, 5.41) is 6.48. The van der Waals surface area contributed by atoms with E-state index in [-0.39, 0.29) is 11.9 Å². The SMILES string of the molecule is CC1=NN(c2ccc(C)cc2)C(=O)C12Cc1cc(Br)ccc1N1CCN(c3ccccn3)CC12. The molecule has 1 aromatic heterocycles. The van der Waals surface area contributed by atoms with Gasteiger partial charge in [0.25, 0.3) is 5.91 Å². The Balaban J connectivity index is 1.46. The van der Waals surface area contributed by atoms with Crippen molar-refractivity contribution in [2.75, 3.05) is 34.4 Å². The normalized spacial score (nSPS) is 23.7. The summed E-state index contributed by atoms with van der Waals surface area (Å²) < 4.78 is 1.03. The number of halogens is 1. The van der Waals surface area contributed by atoms with Crippen LogP contribution in [0.25, 0.3) is 0 Å². The first kappa shape index (κ1) is 21.4. The Hall–Kier alpha value is -3.19. The fourth-order valence-electron chi connectivity index (χ4n) is 5.71. The van der Waals surface area contributed by atoms with Crippen LogP contribution in [0, 0.1) is 12.3 Å². The fourth-order valence-corrected chi connectivity index (χ4v) is 6.12. The van der Waals surface area contributed by atoms with Gasteiger partial charge < -0.3 is 9.80 Å². The van der Waals surface area contributed by atoms with Gasteiger partial charge in [0, 0.05) is 36.0 Å². The summed E-state index contributed by atoms with van der Waals surface area (Å²) in [6.45, 7) is 6.46. The zero-order valence-electron chi connectivity index (χ0n) is 19.3. The van der Waals surface area contributed by atoms with Crippen LogP contribution in [-0.4, -0.2) is 42.3 Å². The standard InChI is InChI=1S/C27H26BrN5O/c1-18-6-9-22(10-7-18)33-26(34)27(19(2)30-33)16-20-15-21(28)8-11-23(20)32-14-13-31(17-24(27)32)25-5-3-4-12-29-25/h3-12,15,24H,13-14,16-17H2,1-2H3. The Morgan fingerprint density at radius 3 is 2.62 bits per heavy atom. The van der Waals surface area contributed by atoms with Crippen molar-refractivity contribution in [2.45, 2.75) is 26.3 Å². The molecular formula is C27H26BrN5O. The van der Waals surface area contributed by atoms with Gasteiger partial charge in [-0.05, 0) is 68.3 Å². The number of rotatable bonds is 2. The Morgan fingerprint density at radius 2 is 1.85 bits per heavy atom. The predicted molar refractivity (Wildman–Crippen MR) is 140 cm³/mol. The van der Waals surface area contributed by atoms with Crippen LogP contribution in [0.5, 0.6) is 0 Å². The Labute approximate surface area is 208 Å². The van der Waals surface area contributed by atoms with E-state index >= 15 is 0 Å². The van der Waals surface area contributed by atoms with Crippen molar-refractivity contribution in [1.82, 2.24) is 4.98 Å². The van der Waals surface area contributed by atoms with E-state index in [1.54, 1.807) is 5.01 Å². The van der Waals surface area contributed by atoms with Crippen molar-refractivity contribution >= 4 is 44.7 Å². The quantitative estimate of drug-likeness (QED) is 0.491. The molecule has 1 fully saturated rings. The first-order valence-electron chi connectivity index (χ1n) is 11.7. The number of carbonyl (C=O) groups excluding carboxylic acids is 1. The van der Waals surface area contributed by atoms with Gasteiger partial charge in [-0.25, -0.2) is 4.98 Å². The third kappa shape index (κ3) is 3.17. The third-order valence-electron chi connectivity index (χ3n) is 7.49. The largest absolute Gasteiger partial charge is 0.363 e. The van der Waals surface area contributed by atoms with Gasteiger partial charge in [-0.15, -0.1) is 0 Å². The number of nitrogens with zero attached hydrogens (tertiary/aromatic N) is 5. The number of aromatic nitrogens is 1. The molecule has 1 amide bonds. The predicted octanol–water partition coefficient (Wildman–Crippen LogP) is 4.81. The highest BCUT2D eigenvalue weighted by Crippen LogP contribution is 2.48. The summed E-state index contributed by atoms with van der Waals surface area (Å²) in [4.78, 5) is 23.6. The maximum absolute atomic E-state index is 14.3. The monoisotopic (exact) mass is 515 g/mol. The van der Waals surface area contributed by atoms with E-state index in [0.29, 0.717) is 13.0 Å². The second-order valence-corrected chi connectivity index (χ2v) is 10.3. The molecule has 3 aliphatic heterocycles. The second-order valence-electron chi connectivity index (χ2n) is 9.40. The van der Waals surface area contributed by atoms with Crippen LogP contribution < -0.4 is 14.8 Å². The van der Waals surface area contributed by atoms with E-state index in [1.807, 2.05) is 62.5 Å². The number of piperazine rings is 1. The molecule has 0 saturated carbocycles.